The van der Waals surface area contributed by atoms with Crippen LogP contribution in [-0.2, 0) is 17.9 Å². The molecule has 0 aliphatic rings. The van der Waals surface area contributed by atoms with Crippen LogP contribution in [0, 0.1) is 5.82 Å². The third-order valence-electron chi connectivity index (χ3n) is 4.31. The van der Waals surface area contributed by atoms with Gasteiger partial charge in [-0.25, -0.2) is 13.8 Å². The Morgan fingerprint density at radius 2 is 1.93 bits per heavy atom. The molecule has 8 nitrogen and oxygen atoms in total. The largest absolute Gasteiger partial charge is 0.467 e. The summed E-state index contributed by atoms with van der Waals surface area (Å²) >= 11 is 0. The Morgan fingerprint density at radius 3 is 2.64 bits per heavy atom. The van der Waals surface area contributed by atoms with Crippen LogP contribution in [0.25, 0.3) is 22.2 Å². The van der Waals surface area contributed by atoms with Crippen molar-refractivity contribution < 1.29 is 13.6 Å². The molecule has 1 amide bonds. The minimum Gasteiger partial charge on any atom is -0.467 e. The molecule has 0 spiro atoms. The number of aromatic nitrogens is 3. The van der Waals surface area contributed by atoms with Crippen molar-refractivity contribution in [2.75, 3.05) is 0 Å². The first kappa shape index (κ1) is 17.5. The van der Waals surface area contributed by atoms with Crippen LogP contribution in [0.15, 0.2) is 62.9 Å². The van der Waals surface area contributed by atoms with E-state index in [-0.39, 0.29) is 17.9 Å². The van der Waals surface area contributed by atoms with Crippen LogP contribution >= 0.6 is 0 Å². The maximum atomic E-state index is 13.1. The first-order valence-electron chi connectivity index (χ1n) is 8.42. The van der Waals surface area contributed by atoms with Gasteiger partial charge in [-0.15, -0.1) is 0 Å². The molecule has 0 saturated carbocycles. The van der Waals surface area contributed by atoms with E-state index in [0.717, 1.165) is 4.57 Å². The average Bonchev–Trinajstić information content (AvgIpc) is 3.34. The van der Waals surface area contributed by atoms with Crippen molar-refractivity contribution in [3.8, 4) is 11.1 Å². The zero-order valence-corrected chi connectivity index (χ0v) is 14.5. The van der Waals surface area contributed by atoms with Crippen molar-refractivity contribution in [1.82, 2.24) is 19.9 Å². The number of benzene rings is 1. The van der Waals surface area contributed by atoms with E-state index in [1.807, 2.05) is 0 Å². The second-order valence-electron chi connectivity index (χ2n) is 6.14. The van der Waals surface area contributed by atoms with Gasteiger partial charge in [0.25, 0.3) is 5.56 Å². The second kappa shape index (κ2) is 7.03. The van der Waals surface area contributed by atoms with Crippen LogP contribution in [0.3, 0.4) is 0 Å². The molecule has 3 N–H and O–H groups in total. The van der Waals surface area contributed by atoms with E-state index in [2.05, 4.69) is 15.3 Å². The quantitative estimate of drug-likeness (QED) is 0.488. The molecule has 3 aromatic heterocycles. The molecule has 28 heavy (non-hydrogen) atoms. The Hall–Kier alpha value is -3.88. The first-order chi connectivity index (χ1) is 13.5. The van der Waals surface area contributed by atoms with Crippen molar-refractivity contribution in [2.24, 2.45) is 0 Å². The Bertz CT molecular complexity index is 1250. The van der Waals surface area contributed by atoms with Gasteiger partial charge in [-0.1, -0.05) is 12.1 Å². The number of nitrogens with zero attached hydrogens (tertiary/aromatic N) is 1. The molecule has 0 aliphatic heterocycles. The van der Waals surface area contributed by atoms with Crippen molar-refractivity contribution in [1.29, 1.82) is 0 Å². The summed E-state index contributed by atoms with van der Waals surface area (Å²) < 4.78 is 19.1. The van der Waals surface area contributed by atoms with Gasteiger partial charge < -0.3 is 19.7 Å². The second-order valence-corrected chi connectivity index (χ2v) is 6.14. The average molecular weight is 382 g/mol. The van der Waals surface area contributed by atoms with Crippen LogP contribution in [-0.4, -0.2) is 20.4 Å². The maximum absolute atomic E-state index is 13.1. The van der Waals surface area contributed by atoms with Gasteiger partial charge in [-0.3, -0.25) is 9.59 Å². The summed E-state index contributed by atoms with van der Waals surface area (Å²) in [5, 5.41) is 2.58. The summed E-state index contributed by atoms with van der Waals surface area (Å²) in [6.45, 7) is -0.284. The standard InChI is InChI=1S/C19H15FN4O4/c20-12-5-3-11(4-6-12)14-9-22-17-16(14)23-19(27)24(18(17)26)10-15(25)21-8-13-2-1-7-28-13/h1-7,9,22H,8,10H2,(H,21,25)(H,23,27). The van der Waals surface area contributed by atoms with E-state index < -0.39 is 23.7 Å². The molecule has 0 unspecified atom stereocenters. The Morgan fingerprint density at radius 1 is 1.14 bits per heavy atom. The summed E-state index contributed by atoms with van der Waals surface area (Å²) in [6.07, 6.45) is 3.03. The number of furan rings is 1. The molecular weight excluding hydrogens is 367 g/mol. The van der Waals surface area contributed by atoms with E-state index in [1.165, 1.54) is 18.4 Å². The molecule has 0 fully saturated rings. The number of amides is 1. The number of halogens is 1. The number of H-pyrrole nitrogens is 2. The molecule has 0 atom stereocenters. The lowest BCUT2D eigenvalue weighted by atomic mass is 10.1. The van der Waals surface area contributed by atoms with Crippen LogP contribution in [0.5, 0.6) is 0 Å². The molecule has 0 bridgehead atoms. The highest BCUT2D eigenvalue weighted by Gasteiger charge is 2.16. The zero-order valence-electron chi connectivity index (χ0n) is 14.5. The normalized spacial score (nSPS) is 11.0. The smallest absolute Gasteiger partial charge is 0.329 e. The lowest BCUT2D eigenvalue weighted by Crippen LogP contribution is -2.40. The molecule has 142 valence electrons. The van der Waals surface area contributed by atoms with E-state index in [1.54, 1.807) is 30.5 Å². The van der Waals surface area contributed by atoms with Crippen LogP contribution in [0.1, 0.15) is 5.76 Å². The summed E-state index contributed by atoms with van der Waals surface area (Å²) in [5.41, 5.74) is 0.302. The van der Waals surface area contributed by atoms with Gasteiger partial charge in [-0.05, 0) is 29.8 Å². The molecule has 1 aromatic carbocycles. The highest BCUT2D eigenvalue weighted by Crippen LogP contribution is 2.25. The van der Waals surface area contributed by atoms with Gasteiger partial charge in [0.2, 0.25) is 5.91 Å². The fourth-order valence-electron chi connectivity index (χ4n) is 2.92. The number of carbonyl (C=O) groups is 1. The molecule has 0 saturated heterocycles. The van der Waals surface area contributed by atoms with E-state index in [9.17, 15) is 18.8 Å². The third kappa shape index (κ3) is 3.25. The van der Waals surface area contributed by atoms with Gasteiger partial charge in [0.15, 0.2) is 0 Å². The number of hydrogen-bond donors (Lipinski definition) is 3. The fraction of sp³-hybridized carbons (Fsp3) is 0.105. The molecule has 0 radical (unpaired) electrons. The van der Waals surface area contributed by atoms with Crippen molar-refractivity contribution in [3.63, 3.8) is 0 Å². The predicted molar refractivity (Wildman–Crippen MR) is 99.1 cm³/mol. The predicted octanol–water partition coefficient (Wildman–Crippen LogP) is 1.73. The molecule has 9 heteroatoms. The topological polar surface area (TPSA) is 113 Å². The number of carbonyl (C=O) groups excluding carboxylic acids is 1. The number of aromatic amines is 2. The number of hydrogen-bond acceptors (Lipinski definition) is 4. The summed E-state index contributed by atoms with van der Waals surface area (Å²) in [4.78, 5) is 42.6. The Kier molecular flexibility index (Phi) is 4.40. The van der Waals surface area contributed by atoms with Crippen LogP contribution in [0.4, 0.5) is 4.39 Å². The van der Waals surface area contributed by atoms with E-state index in [4.69, 9.17) is 4.42 Å². The number of nitrogens with one attached hydrogen (secondary N) is 3. The lowest BCUT2D eigenvalue weighted by Gasteiger charge is -2.06. The summed E-state index contributed by atoms with van der Waals surface area (Å²) in [7, 11) is 0. The minimum absolute atomic E-state index is 0.151. The first-order valence-corrected chi connectivity index (χ1v) is 8.42. The van der Waals surface area contributed by atoms with Gasteiger partial charge >= 0.3 is 5.69 Å². The Balaban J connectivity index is 1.63. The van der Waals surface area contributed by atoms with Gasteiger partial charge in [0.1, 0.15) is 23.6 Å². The molecule has 4 rings (SSSR count). The van der Waals surface area contributed by atoms with Crippen molar-refractivity contribution in [2.45, 2.75) is 13.1 Å². The van der Waals surface area contributed by atoms with Crippen LogP contribution in [0.2, 0.25) is 0 Å². The van der Waals surface area contributed by atoms with Crippen LogP contribution < -0.4 is 16.6 Å². The number of rotatable bonds is 5. The molecule has 3 heterocycles. The molecule has 4 aromatic rings. The summed E-state index contributed by atoms with van der Waals surface area (Å²) in [6, 6.07) is 9.05. The van der Waals surface area contributed by atoms with Crippen molar-refractivity contribution >= 4 is 16.9 Å². The monoisotopic (exact) mass is 382 g/mol. The van der Waals surface area contributed by atoms with E-state index >= 15 is 0 Å². The minimum atomic E-state index is -0.714. The van der Waals surface area contributed by atoms with Crippen molar-refractivity contribution in [3.05, 3.63) is 81.3 Å². The zero-order chi connectivity index (χ0) is 19.7. The molecular formula is C19H15FN4O4. The lowest BCUT2D eigenvalue weighted by molar-refractivity contribution is -0.122. The SMILES string of the molecule is O=C(Cn1c(=O)[nH]c2c(-c3ccc(F)cc3)c[nH]c2c1=O)NCc1ccco1. The van der Waals surface area contributed by atoms with Gasteiger partial charge in [-0.2, -0.15) is 0 Å². The maximum Gasteiger partial charge on any atom is 0.329 e. The highest BCUT2D eigenvalue weighted by atomic mass is 19.1. The fourth-order valence-corrected chi connectivity index (χ4v) is 2.92. The third-order valence-corrected chi connectivity index (χ3v) is 4.31. The van der Waals surface area contributed by atoms with Gasteiger partial charge in [0, 0.05) is 11.8 Å². The van der Waals surface area contributed by atoms with E-state index in [0.29, 0.717) is 22.4 Å². The molecule has 0 aliphatic carbocycles. The summed E-state index contributed by atoms with van der Waals surface area (Å²) in [5.74, 6) is -0.341. The van der Waals surface area contributed by atoms with Gasteiger partial charge in [0.05, 0.1) is 18.3 Å². The number of fused-ring (bicyclic) bond motifs is 1. The Labute approximate surface area is 156 Å². The highest BCUT2D eigenvalue weighted by molar-refractivity contribution is 5.91.